The van der Waals surface area contributed by atoms with Crippen molar-refractivity contribution in [2.24, 2.45) is 17.8 Å². The Balaban J connectivity index is 1.41. The number of aromatic nitrogens is 1. The molecule has 3 aliphatic carbocycles. The maximum absolute atomic E-state index is 13.7. The number of fused-ring (bicyclic) bond motifs is 2. The van der Waals surface area contributed by atoms with Crippen LogP contribution >= 0.6 is 11.6 Å². The second-order valence-electron chi connectivity index (χ2n) is 10.1. The highest BCUT2D eigenvalue weighted by Gasteiger charge is 2.65. The lowest BCUT2D eigenvalue weighted by atomic mass is 9.46. The van der Waals surface area contributed by atoms with Gasteiger partial charge in [0, 0.05) is 35.8 Å². The van der Waals surface area contributed by atoms with Crippen molar-refractivity contribution >= 4 is 33.0 Å². The summed E-state index contributed by atoms with van der Waals surface area (Å²) in [5, 5.41) is 13.0. The number of nitrogens with one attached hydrogen (secondary N) is 1. The molecule has 2 unspecified atom stereocenters. The number of nitrogens with zero attached hydrogens (tertiary/aromatic N) is 1. The molecule has 11 heteroatoms. The summed E-state index contributed by atoms with van der Waals surface area (Å²) >= 11 is 6.26. The third-order valence-corrected chi connectivity index (χ3v) is 10.7. The SMILES string of the molecule is Cc1cnccc1[C@]1(O)C2CC(S(=O)(=O)c3cc(C(=O)Nc4cc(F)c(F)c(F)c4)ccc3Cl)CC1[C@@H]2C. The van der Waals surface area contributed by atoms with Gasteiger partial charge in [-0.1, -0.05) is 18.5 Å². The third kappa shape index (κ3) is 4.10. The Labute approximate surface area is 222 Å². The Morgan fingerprint density at radius 2 is 1.74 bits per heavy atom. The van der Waals surface area contributed by atoms with Crippen molar-refractivity contribution in [1.29, 1.82) is 0 Å². The maximum atomic E-state index is 13.7. The minimum absolute atomic E-state index is 0.0760. The van der Waals surface area contributed by atoms with E-state index in [0.717, 1.165) is 17.2 Å². The smallest absolute Gasteiger partial charge is 0.255 e. The first kappa shape index (κ1) is 26.6. The molecule has 0 saturated heterocycles. The summed E-state index contributed by atoms with van der Waals surface area (Å²) in [6, 6.07) is 6.66. The predicted octanol–water partition coefficient (Wildman–Crippen LogP) is 5.42. The van der Waals surface area contributed by atoms with Crippen LogP contribution in [0.3, 0.4) is 0 Å². The van der Waals surface area contributed by atoms with Gasteiger partial charge in [-0.2, -0.15) is 0 Å². The predicted molar refractivity (Wildman–Crippen MR) is 135 cm³/mol. The van der Waals surface area contributed by atoms with Gasteiger partial charge < -0.3 is 10.4 Å². The van der Waals surface area contributed by atoms with E-state index in [1.54, 1.807) is 18.5 Å². The van der Waals surface area contributed by atoms with Gasteiger partial charge in [-0.25, -0.2) is 21.6 Å². The number of sulfone groups is 1. The molecule has 2 atom stereocenters. The number of aryl methyl sites for hydroxylation is 1. The van der Waals surface area contributed by atoms with Crippen LogP contribution in [-0.4, -0.2) is 29.7 Å². The van der Waals surface area contributed by atoms with Crippen LogP contribution in [0.15, 0.2) is 53.7 Å². The van der Waals surface area contributed by atoms with Gasteiger partial charge in [-0.15, -0.1) is 0 Å². The Kier molecular flexibility index (Phi) is 6.56. The molecule has 2 aromatic carbocycles. The molecule has 3 aromatic rings. The molecule has 6 rings (SSSR count). The van der Waals surface area contributed by atoms with E-state index in [0.29, 0.717) is 12.1 Å². The molecular formula is C27H24ClF3N2O4S. The molecule has 2 bridgehead atoms. The third-order valence-electron chi connectivity index (χ3n) is 8.07. The van der Waals surface area contributed by atoms with Gasteiger partial charge in [-0.3, -0.25) is 9.78 Å². The summed E-state index contributed by atoms with van der Waals surface area (Å²) in [7, 11) is -4.01. The van der Waals surface area contributed by atoms with Crippen molar-refractivity contribution in [3.8, 4) is 0 Å². The van der Waals surface area contributed by atoms with Crippen LogP contribution < -0.4 is 5.32 Å². The number of pyridine rings is 1. The van der Waals surface area contributed by atoms with Crippen LogP contribution in [0.5, 0.6) is 0 Å². The number of hydrogen-bond donors (Lipinski definition) is 2. The first-order chi connectivity index (χ1) is 17.9. The summed E-state index contributed by atoms with van der Waals surface area (Å²) in [4.78, 5) is 16.6. The second-order valence-corrected chi connectivity index (χ2v) is 12.7. The molecule has 3 fully saturated rings. The van der Waals surface area contributed by atoms with Gasteiger partial charge in [0.2, 0.25) is 0 Å². The fraction of sp³-hybridized carbons (Fsp3) is 0.333. The lowest BCUT2D eigenvalue weighted by Gasteiger charge is -2.63. The second kappa shape index (κ2) is 9.36. The zero-order chi connectivity index (χ0) is 27.6. The van der Waals surface area contributed by atoms with Crippen LogP contribution in [0.4, 0.5) is 18.9 Å². The van der Waals surface area contributed by atoms with Crippen molar-refractivity contribution in [2.75, 3.05) is 5.32 Å². The highest BCUT2D eigenvalue weighted by atomic mass is 35.5. The molecule has 1 amide bonds. The maximum Gasteiger partial charge on any atom is 0.255 e. The molecule has 1 heterocycles. The highest BCUT2D eigenvalue weighted by Crippen LogP contribution is 2.64. The number of anilines is 1. The van der Waals surface area contributed by atoms with Crippen LogP contribution in [0.25, 0.3) is 0 Å². The molecule has 0 aliphatic heterocycles. The van der Waals surface area contributed by atoms with E-state index in [1.807, 2.05) is 13.8 Å². The van der Waals surface area contributed by atoms with Gasteiger partial charge in [0.05, 0.1) is 20.8 Å². The van der Waals surface area contributed by atoms with E-state index in [1.165, 1.54) is 12.1 Å². The van der Waals surface area contributed by atoms with E-state index in [-0.39, 0.29) is 51.8 Å². The fourth-order valence-corrected chi connectivity index (χ4v) is 8.49. The Morgan fingerprint density at radius 1 is 1.11 bits per heavy atom. The average Bonchev–Trinajstić information content (AvgIpc) is 2.88. The van der Waals surface area contributed by atoms with E-state index in [4.69, 9.17) is 11.6 Å². The van der Waals surface area contributed by atoms with Crippen LogP contribution in [-0.2, 0) is 15.4 Å². The molecule has 3 aliphatic rings. The highest BCUT2D eigenvalue weighted by molar-refractivity contribution is 7.92. The van der Waals surface area contributed by atoms with E-state index in [9.17, 15) is 31.5 Å². The lowest BCUT2D eigenvalue weighted by molar-refractivity contribution is -0.225. The molecule has 38 heavy (non-hydrogen) atoms. The number of benzene rings is 2. The Bertz CT molecular complexity index is 1530. The zero-order valence-electron chi connectivity index (χ0n) is 20.4. The zero-order valence-corrected chi connectivity index (χ0v) is 22.0. The molecule has 6 nitrogen and oxygen atoms in total. The van der Waals surface area contributed by atoms with E-state index >= 15 is 0 Å². The lowest BCUT2D eigenvalue weighted by Crippen LogP contribution is -2.65. The molecule has 1 aromatic heterocycles. The van der Waals surface area contributed by atoms with E-state index in [2.05, 4.69) is 10.3 Å². The summed E-state index contributed by atoms with van der Waals surface area (Å²) in [6.07, 6.45) is 3.70. The molecule has 0 radical (unpaired) electrons. The van der Waals surface area contributed by atoms with Gasteiger partial charge in [0.15, 0.2) is 27.3 Å². The largest absolute Gasteiger partial charge is 0.385 e. The summed E-state index contributed by atoms with van der Waals surface area (Å²) < 4.78 is 67.7. The van der Waals surface area contributed by atoms with Crippen LogP contribution in [0.2, 0.25) is 5.02 Å². The fourth-order valence-electron chi connectivity index (χ4n) is 6.14. The van der Waals surface area contributed by atoms with Crippen molar-refractivity contribution < 1.29 is 31.5 Å². The Morgan fingerprint density at radius 3 is 2.34 bits per heavy atom. The first-order valence-corrected chi connectivity index (χ1v) is 13.9. The molecule has 3 saturated carbocycles. The molecule has 2 N–H and O–H groups in total. The standard InChI is InChI=1S/C27H24ClF3N2O4S/c1-13-12-32-6-5-18(13)27(35)19-10-17(11-20(27)14(19)2)38(36,37)24-7-15(3-4-21(24)28)26(34)33-16-8-22(29)25(31)23(30)9-16/h3-9,12,14,17,19-20,35H,10-11H2,1-2H3,(H,33,34)/t14-,17?,19?,20?,27+. The van der Waals surface area contributed by atoms with Gasteiger partial charge in [-0.05, 0) is 72.9 Å². The minimum Gasteiger partial charge on any atom is -0.385 e. The average molecular weight is 565 g/mol. The van der Waals surface area contributed by atoms with Crippen LogP contribution in [0.1, 0.15) is 41.3 Å². The van der Waals surface area contributed by atoms with Crippen molar-refractivity contribution in [3.63, 3.8) is 0 Å². The summed E-state index contributed by atoms with van der Waals surface area (Å²) in [6.45, 7) is 3.86. The number of aliphatic hydroxyl groups is 1. The molecule has 0 spiro atoms. The topological polar surface area (TPSA) is 96.4 Å². The number of carbonyl (C=O) groups excluding carboxylic acids is 1. The van der Waals surface area contributed by atoms with Gasteiger partial charge in [0.1, 0.15) is 0 Å². The number of halogens is 4. The molecular weight excluding hydrogens is 541 g/mol. The number of carbonyl (C=O) groups is 1. The summed E-state index contributed by atoms with van der Waals surface area (Å²) in [5.74, 6) is -5.97. The summed E-state index contributed by atoms with van der Waals surface area (Å²) in [5.41, 5.74) is -0.0131. The monoisotopic (exact) mass is 564 g/mol. The number of rotatable bonds is 5. The van der Waals surface area contributed by atoms with Crippen molar-refractivity contribution in [3.05, 3.63) is 88.0 Å². The first-order valence-electron chi connectivity index (χ1n) is 12.0. The van der Waals surface area contributed by atoms with Crippen molar-refractivity contribution in [2.45, 2.75) is 42.4 Å². The minimum atomic E-state index is -4.01. The van der Waals surface area contributed by atoms with Crippen LogP contribution in [0, 0.1) is 42.1 Å². The quantitative estimate of drug-likeness (QED) is 0.404. The number of amides is 1. The van der Waals surface area contributed by atoms with E-state index < -0.39 is 44.0 Å². The van der Waals surface area contributed by atoms with Crippen molar-refractivity contribution in [1.82, 2.24) is 4.98 Å². The molecule has 200 valence electrons. The normalized spacial score (nSPS) is 26.5. The van der Waals surface area contributed by atoms with Gasteiger partial charge >= 0.3 is 0 Å². The number of hydrogen-bond acceptors (Lipinski definition) is 5. The Hall–Kier alpha value is -2.95. The van der Waals surface area contributed by atoms with Gasteiger partial charge in [0.25, 0.3) is 5.91 Å².